The fourth-order valence-corrected chi connectivity index (χ4v) is 2.70. The Morgan fingerprint density at radius 3 is 2.76 bits per heavy atom. The third-order valence-electron chi connectivity index (χ3n) is 2.95. The number of anilines is 1. The molecule has 0 spiro atoms. The first-order chi connectivity index (χ1) is 9.88. The number of nitro groups is 1. The van der Waals surface area contributed by atoms with E-state index in [-0.39, 0.29) is 11.4 Å². The summed E-state index contributed by atoms with van der Waals surface area (Å²) >= 11 is 0. The Labute approximate surface area is 122 Å². The predicted molar refractivity (Wildman–Crippen MR) is 81.2 cm³/mol. The average Bonchev–Trinajstić information content (AvgIpc) is 2.41. The first-order valence-corrected chi connectivity index (χ1v) is 8.38. The lowest BCUT2D eigenvalue weighted by Gasteiger charge is -2.08. The smallest absolute Gasteiger partial charge is 0.301 e. The minimum atomic E-state index is -3.02. The molecule has 7 nitrogen and oxygen atoms in total. The molecule has 1 heterocycles. The molecule has 0 aliphatic carbocycles. The lowest BCUT2D eigenvalue weighted by Crippen LogP contribution is -2.10. The van der Waals surface area contributed by atoms with Crippen molar-refractivity contribution in [1.82, 2.24) is 4.98 Å². The molecule has 21 heavy (non-hydrogen) atoms. The monoisotopic (exact) mass is 309 g/mol. The highest BCUT2D eigenvalue weighted by Crippen LogP contribution is 2.32. The van der Waals surface area contributed by atoms with Gasteiger partial charge >= 0.3 is 5.69 Å². The fourth-order valence-electron chi connectivity index (χ4n) is 2.03. The zero-order valence-electron chi connectivity index (χ0n) is 11.4. The number of benzene rings is 1. The van der Waals surface area contributed by atoms with Crippen LogP contribution in [0, 0.1) is 10.1 Å². The van der Waals surface area contributed by atoms with Gasteiger partial charge in [0.25, 0.3) is 0 Å². The van der Waals surface area contributed by atoms with Gasteiger partial charge in [-0.3, -0.25) is 15.1 Å². The van der Waals surface area contributed by atoms with Crippen LogP contribution in [0.25, 0.3) is 10.9 Å². The van der Waals surface area contributed by atoms with Gasteiger partial charge in [-0.25, -0.2) is 8.42 Å². The van der Waals surface area contributed by atoms with Gasteiger partial charge in [-0.15, -0.1) is 0 Å². The molecule has 0 saturated heterocycles. The summed E-state index contributed by atoms with van der Waals surface area (Å²) in [4.78, 5) is 14.9. The molecule has 1 N–H and O–H groups in total. The third-order valence-corrected chi connectivity index (χ3v) is 3.98. The van der Waals surface area contributed by atoms with Gasteiger partial charge in [0.2, 0.25) is 0 Å². The Morgan fingerprint density at radius 1 is 1.33 bits per heavy atom. The normalized spacial score (nSPS) is 11.5. The molecule has 8 heteroatoms. The molecule has 112 valence electrons. The van der Waals surface area contributed by atoms with Gasteiger partial charge in [-0.1, -0.05) is 0 Å². The van der Waals surface area contributed by atoms with Crippen LogP contribution in [0.3, 0.4) is 0 Å². The molecule has 1 aromatic heterocycles. The second-order valence-corrected chi connectivity index (χ2v) is 6.96. The maximum Gasteiger partial charge on any atom is 0.301 e. The number of sulfone groups is 1. The van der Waals surface area contributed by atoms with Gasteiger partial charge in [-0.05, 0) is 30.7 Å². The van der Waals surface area contributed by atoms with Crippen molar-refractivity contribution in [3.8, 4) is 0 Å². The molecule has 0 atom stereocenters. The van der Waals surface area contributed by atoms with Crippen LogP contribution in [0.1, 0.15) is 6.42 Å². The summed E-state index contributed by atoms with van der Waals surface area (Å²) in [7, 11) is -3.02. The molecular weight excluding hydrogens is 294 g/mol. The average molecular weight is 309 g/mol. The number of nitrogens with zero attached hydrogens (tertiary/aromatic N) is 2. The predicted octanol–water partition coefficient (Wildman–Crippen LogP) is 1.99. The summed E-state index contributed by atoms with van der Waals surface area (Å²) in [5, 5.41) is 14.6. The minimum absolute atomic E-state index is 0.0417. The van der Waals surface area contributed by atoms with Crippen LogP contribution in [0.5, 0.6) is 0 Å². The van der Waals surface area contributed by atoms with E-state index in [1.165, 1.54) is 0 Å². The lowest BCUT2D eigenvalue weighted by molar-refractivity contribution is -0.382. The summed E-state index contributed by atoms with van der Waals surface area (Å²) in [5.41, 5.74) is 0.875. The largest absolute Gasteiger partial charge is 0.379 e. The number of fused-ring (bicyclic) bond motifs is 1. The van der Waals surface area contributed by atoms with Gasteiger partial charge in [-0.2, -0.15) is 0 Å². The second-order valence-electron chi connectivity index (χ2n) is 4.70. The molecular formula is C13H15N3O4S. The van der Waals surface area contributed by atoms with Crippen molar-refractivity contribution in [3.63, 3.8) is 0 Å². The second kappa shape index (κ2) is 6.04. The van der Waals surface area contributed by atoms with Gasteiger partial charge in [0.05, 0.1) is 21.6 Å². The number of hydrogen-bond acceptors (Lipinski definition) is 6. The summed E-state index contributed by atoms with van der Waals surface area (Å²) in [5.74, 6) is 0.0446. The highest BCUT2D eigenvalue weighted by atomic mass is 32.2. The van der Waals surface area contributed by atoms with E-state index in [0.717, 1.165) is 6.26 Å². The quantitative estimate of drug-likeness (QED) is 0.497. The van der Waals surface area contributed by atoms with Gasteiger partial charge < -0.3 is 5.32 Å². The number of hydrogen-bond donors (Lipinski definition) is 1. The third kappa shape index (κ3) is 3.88. The van der Waals surface area contributed by atoms with E-state index >= 15 is 0 Å². The summed E-state index contributed by atoms with van der Waals surface area (Å²) in [6, 6.07) is 6.57. The lowest BCUT2D eigenvalue weighted by atomic mass is 10.1. The van der Waals surface area contributed by atoms with Crippen molar-refractivity contribution in [2.24, 2.45) is 0 Å². The highest BCUT2D eigenvalue weighted by Gasteiger charge is 2.18. The SMILES string of the molecule is CS(=O)(=O)CCCNc1ccc2ncccc2c1[N+](=O)[O-]. The Balaban J connectivity index is 2.23. The molecule has 2 rings (SSSR count). The first-order valence-electron chi connectivity index (χ1n) is 6.32. The number of rotatable bonds is 6. The molecule has 1 aromatic carbocycles. The van der Waals surface area contributed by atoms with Crippen molar-refractivity contribution in [2.75, 3.05) is 23.9 Å². The zero-order chi connectivity index (χ0) is 15.5. The zero-order valence-corrected chi connectivity index (χ0v) is 12.3. The Morgan fingerprint density at radius 2 is 2.10 bits per heavy atom. The van der Waals surface area contributed by atoms with E-state index in [2.05, 4.69) is 10.3 Å². The van der Waals surface area contributed by atoms with Crippen LogP contribution < -0.4 is 5.32 Å². The Kier molecular flexibility index (Phi) is 4.37. The number of nitrogens with one attached hydrogen (secondary N) is 1. The van der Waals surface area contributed by atoms with E-state index in [4.69, 9.17) is 0 Å². The first kappa shape index (κ1) is 15.2. The van der Waals surface area contributed by atoms with E-state index in [1.807, 2.05) is 0 Å². The van der Waals surface area contributed by atoms with E-state index in [1.54, 1.807) is 30.5 Å². The highest BCUT2D eigenvalue weighted by molar-refractivity contribution is 7.90. The fraction of sp³-hybridized carbons (Fsp3) is 0.308. The van der Waals surface area contributed by atoms with Crippen LogP contribution >= 0.6 is 0 Å². The molecule has 2 aromatic rings. The Hall–Kier alpha value is -2.22. The van der Waals surface area contributed by atoms with Gasteiger partial charge in [0, 0.05) is 19.0 Å². The van der Waals surface area contributed by atoms with Crippen molar-refractivity contribution in [2.45, 2.75) is 6.42 Å². The number of nitro benzene ring substituents is 1. The van der Waals surface area contributed by atoms with Crippen LogP contribution in [-0.4, -0.2) is 36.9 Å². The molecule has 0 aliphatic heterocycles. The standard InChI is InChI=1S/C13H15N3O4S/c1-21(19,20)9-3-8-15-12-6-5-11-10(4-2-7-14-11)13(12)16(17)18/h2,4-7,15H,3,8-9H2,1H3. The Bertz CT molecular complexity index is 774. The maximum absolute atomic E-state index is 11.3. The summed E-state index contributed by atoms with van der Waals surface area (Å²) in [6.45, 7) is 0.347. The van der Waals surface area contributed by atoms with E-state index in [9.17, 15) is 18.5 Å². The van der Waals surface area contributed by atoms with E-state index < -0.39 is 14.8 Å². The molecule has 0 saturated carbocycles. The molecule has 0 aliphatic rings. The van der Waals surface area contributed by atoms with Crippen molar-refractivity contribution >= 4 is 32.1 Å². The van der Waals surface area contributed by atoms with Gasteiger partial charge in [0.15, 0.2) is 0 Å². The minimum Gasteiger partial charge on any atom is -0.379 e. The summed E-state index contributed by atoms with van der Waals surface area (Å²) in [6.07, 6.45) is 3.13. The molecule has 0 radical (unpaired) electrons. The van der Waals surface area contributed by atoms with Crippen LogP contribution in [0.15, 0.2) is 30.5 Å². The van der Waals surface area contributed by atoms with Gasteiger partial charge in [0.1, 0.15) is 15.5 Å². The number of pyridine rings is 1. The summed E-state index contributed by atoms with van der Waals surface area (Å²) < 4.78 is 22.1. The molecule has 0 fully saturated rings. The molecule has 0 bridgehead atoms. The van der Waals surface area contributed by atoms with Crippen LogP contribution in [0.4, 0.5) is 11.4 Å². The van der Waals surface area contributed by atoms with Crippen molar-refractivity contribution in [3.05, 3.63) is 40.6 Å². The van der Waals surface area contributed by atoms with Crippen LogP contribution in [0.2, 0.25) is 0 Å². The van der Waals surface area contributed by atoms with E-state index in [0.29, 0.717) is 29.6 Å². The molecule has 0 unspecified atom stereocenters. The maximum atomic E-state index is 11.3. The molecule has 0 amide bonds. The van der Waals surface area contributed by atoms with Crippen LogP contribution in [-0.2, 0) is 9.84 Å². The topological polar surface area (TPSA) is 102 Å². The number of aromatic nitrogens is 1. The van der Waals surface area contributed by atoms with Crippen molar-refractivity contribution in [1.29, 1.82) is 0 Å². The van der Waals surface area contributed by atoms with Crippen molar-refractivity contribution < 1.29 is 13.3 Å².